The predicted molar refractivity (Wildman–Crippen MR) is 147 cm³/mol. The van der Waals surface area contributed by atoms with E-state index in [-0.39, 0.29) is 17.6 Å². The van der Waals surface area contributed by atoms with E-state index in [9.17, 15) is 9.59 Å². The average Bonchev–Trinajstić information content (AvgIpc) is 3.49. The number of likely N-dealkylation sites (N-methyl/N-ethyl adjacent to an activating group) is 1. The van der Waals surface area contributed by atoms with Crippen LogP contribution in [-0.4, -0.2) is 76.6 Å². The number of thiocarbonyl (C=S) groups is 1. The van der Waals surface area contributed by atoms with E-state index >= 15 is 0 Å². The van der Waals surface area contributed by atoms with Crippen LogP contribution in [0.15, 0.2) is 34.0 Å². The molecule has 3 aliphatic rings. The number of carbonyl (C=O) groups excluding carboxylic acids is 1. The van der Waals surface area contributed by atoms with E-state index < -0.39 is 0 Å². The highest BCUT2D eigenvalue weighted by Gasteiger charge is 2.35. The van der Waals surface area contributed by atoms with Crippen LogP contribution < -0.4 is 10.5 Å². The van der Waals surface area contributed by atoms with Crippen molar-refractivity contribution in [3.05, 3.63) is 45.1 Å². The van der Waals surface area contributed by atoms with Crippen LogP contribution in [0.25, 0.3) is 17.0 Å². The summed E-state index contributed by atoms with van der Waals surface area (Å²) in [4.78, 5) is 34.1. The molecule has 1 atom stereocenters. The number of hydrogen-bond donors (Lipinski definition) is 0. The highest BCUT2D eigenvalue weighted by atomic mass is 32.2. The second kappa shape index (κ2) is 10.4. The quantitative estimate of drug-likeness (QED) is 0.433. The van der Waals surface area contributed by atoms with Crippen LogP contribution in [0.5, 0.6) is 0 Å². The van der Waals surface area contributed by atoms with Crippen LogP contribution in [0.2, 0.25) is 0 Å². The third-order valence-electron chi connectivity index (χ3n) is 7.19. The second-order valence-corrected chi connectivity index (χ2v) is 10.9. The minimum Gasteiger partial charge on any atom is -0.376 e. The lowest BCUT2D eigenvalue weighted by atomic mass is 10.0. The Kier molecular flexibility index (Phi) is 7.29. The predicted octanol–water partition coefficient (Wildman–Crippen LogP) is 3.54. The molecule has 0 radical (unpaired) electrons. The number of aromatic nitrogens is 1. The molecule has 0 N–H and O–H groups in total. The Morgan fingerprint density at radius 2 is 1.89 bits per heavy atom. The molecule has 2 aromatic rings. The molecule has 3 fully saturated rings. The summed E-state index contributed by atoms with van der Waals surface area (Å²) in [6.45, 7) is 10.5. The molecule has 0 spiro atoms. The molecule has 7 nitrogen and oxygen atoms in total. The van der Waals surface area contributed by atoms with Gasteiger partial charge in [-0.3, -0.25) is 14.5 Å². The maximum Gasteiger partial charge on any atom is 0.266 e. The lowest BCUT2D eigenvalue weighted by Gasteiger charge is -2.37. The van der Waals surface area contributed by atoms with Gasteiger partial charge in [0.25, 0.3) is 11.5 Å². The van der Waals surface area contributed by atoms with Crippen LogP contribution in [-0.2, 0) is 16.1 Å². The number of benzene rings is 1. The zero-order chi connectivity index (χ0) is 24.5. The average molecular weight is 513 g/mol. The lowest BCUT2D eigenvalue weighted by Crippen LogP contribution is -2.47. The van der Waals surface area contributed by atoms with E-state index in [4.69, 9.17) is 17.0 Å². The topological polar surface area (TPSA) is 58.0 Å². The number of ether oxygens (including phenoxy) is 1. The maximum atomic E-state index is 13.8. The molecule has 4 heterocycles. The number of aryl methyl sites for hydroxylation is 1. The number of thioether (sulfide) groups is 1. The third-order valence-corrected chi connectivity index (χ3v) is 8.57. The molecule has 186 valence electrons. The summed E-state index contributed by atoms with van der Waals surface area (Å²) < 4.78 is 8.07. The Morgan fingerprint density at radius 1 is 1.11 bits per heavy atom. The van der Waals surface area contributed by atoms with Gasteiger partial charge in [-0.1, -0.05) is 49.1 Å². The van der Waals surface area contributed by atoms with Gasteiger partial charge in [0.15, 0.2) is 0 Å². The Hall–Kier alpha value is -2.20. The zero-order valence-electron chi connectivity index (χ0n) is 20.4. The largest absolute Gasteiger partial charge is 0.376 e. The standard InChI is InChI=1S/C26H32N4O3S2/c1-3-27-11-13-28(14-12-27)23-19-9-5-6-10-21(19)29(4-2)24(31)20(23)16-22-25(32)30(26(34)35-22)17-18-8-7-15-33-18/h5-6,9-10,16,18H,3-4,7-8,11-15,17H2,1-2H3. The Balaban J connectivity index is 1.59. The molecule has 0 bridgehead atoms. The fourth-order valence-corrected chi connectivity index (χ4v) is 6.52. The minimum atomic E-state index is -0.132. The van der Waals surface area contributed by atoms with Crippen LogP contribution in [0.4, 0.5) is 5.69 Å². The second-order valence-electron chi connectivity index (χ2n) is 9.18. The number of pyridine rings is 1. The number of anilines is 1. The Bertz CT molecular complexity index is 1230. The molecule has 0 saturated carbocycles. The van der Waals surface area contributed by atoms with Crippen molar-refractivity contribution in [2.45, 2.75) is 39.3 Å². The van der Waals surface area contributed by atoms with E-state index in [1.807, 2.05) is 25.1 Å². The SMILES string of the molecule is CCN1CCN(c2c(C=C3SC(=S)N(CC4CCCO4)C3=O)c(=O)n(CC)c3ccccc23)CC1. The third kappa shape index (κ3) is 4.67. The molecule has 1 amide bonds. The molecular formula is C26H32N4O3S2. The summed E-state index contributed by atoms with van der Waals surface area (Å²) in [5.74, 6) is -0.132. The van der Waals surface area contributed by atoms with Gasteiger partial charge in [0, 0.05) is 44.7 Å². The number of para-hydroxylation sites is 1. The summed E-state index contributed by atoms with van der Waals surface area (Å²) >= 11 is 6.85. The lowest BCUT2D eigenvalue weighted by molar-refractivity contribution is -0.123. The highest BCUT2D eigenvalue weighted by Crippen LogP contribution is 2.37. The van der Waals surface area contributed by atoms with E-state index in [1.54, 1.807) is 15.5 Å². The van der Waals surface area contributed by atoms with Crippen molar-refractivity contribution in [3.8, 4) is 0 Å². The molecule has 3 saturated heterocycles. The molecule has 3 aliphatic heterocycles. The van der Waals surface area contributed by atoms with E-state index in [1.165, 1.54) is 11.8 Å². The monoisotopic (exact) mass is 512 g/mol. The molecule has 35 heavy (non-hydrogen) atoms. The minimum absolute atomic E-state index is 0.0280. The van der Waals surface area contributed by atoms with Crippen molar-refractivity contribution in [3.63, 3.8) is 0 Å². The maximum absolute atomic E-state index is 13.8. The Labute approximate surface area is 215 Å². The molecule has 1 aromatic heterocycles. The van der Waals surface area contributed by atoms with Crippen LogP contribution in [0.3, 0.4) is 0 Å². The molecule has 1 aromatic carbocycles. The van der Waals surface area contributed by atoms with Gasteiger partial charge in [-0.15, -0.1) is 0 Å². The molecule has 1 unspecified atom stereocenters. The number of carbonyl (C=O) groups is 1. The van der Waals surface area contributed by atoms with Gasteiger partial charge in [-0.05, 0) is 38.5 Å². The van der Waals surface area contributed by atoms with Crippen molar-refractivity contribution in [1.29, 1.82) is 0 Å². The van der Waals surface area contributed by atoms with E-state index in [2.05, 4.69) is 22.8 Å². The van der Waals surface area contributed by atoms with Gasteiger partial charge in [0.1, 0.15) is 4.32 Å². The van der Waals surface area contributed by atoms with Gasteiger partial charge in [-0.2, -0.15) is 0 Å². The number of hydrogen-bond acceptors (Lipinski definition) is 7. The Morgan fingerprint density at radius 3 is 2.57 bits per heavy atom. The van der Waals surface area contributed by atoms with Crippen molar-refractivity contribution in [2.75, 3.05) is 50.8 Å². The number of nitrogens with zero attached hydrogens (tertiary/aromatic N) is 4. The molecule has 9 heteroatoms. The summed E-state index contributed by atoms with van der Waals surface area (Å²) in [6.07, 6.45) is 3.77. The fraction of sp³-hybridized carbons (Fsp3) is 0.500. The molecule has 0 aliphatic carbocycles. The van der Waals surface area contributed by atoms with E-state index in [0.29, 0.717) is 27.9 Å². The van der Waals surface area contributed by atoms with Crippen LogP contribution in [0.1, 0.15) is 32.3 Å². The van der Waals surface area contributed by atoms with Gasteiger partial charge in [0.05, 0.1) is 34.3 Å². The smallest absolute Gasteiger partial charge is 0.266 e. The van der Waals surface area contributed by atoms with Crippen molar-refractivity contribution in [1.82, 2.24) is 14.4 Å². The number of amides is 1. The number of piperazine rings is 1. The fourth-order valence-electron chi connectivity index (χ4n) is 5.26. The first-order valence-corrected chi connectivity index (χ1v) is 13.7. The number of fused-ring (bicyclic) bond motifs is 1. The van der Waals surface area contributed by atoms with Crippen molar-refractivity contribution >= 4 is 56.9 Å². The first kappa shape index (κ1) is 24.5. The van der Waals surface area contributed by atoms with Gasteiger partial charge < -0.3 is 19.1 Å². The first-order chi connectivity index (χ1) is 17.0. The molecular weight excluding hydrogens is 480 g/mol. The van der Waals surface area contributed by atoms with E-state index in [0.717, 1.165) is 68.8 Å². The number of rotatable bonds is 6. The highest BCUT2D eigenvalue weighted by molar-refractivity contribution is 8.26. The van der Waals surface area contributed by atoms with Crippen LogP contribution in [0, 0.1) is 0 Å². The summed E-state index contributed by atoms with van der Waals surface area (Å²) in [5, 5.41) is 1.04. The normalized spacial score (nSPS) is 22.8. The van der Waals surface area contributed by atoms with Crippen molar-refractivity contribution < 1.29 is 9.53 Å². The van der Waals surface area contributed by atoms with Crippen LogP contribution >= 0.6 is 24.0 Å². The summed E-state index contributed by atoms with van der Waals surface area (Å²) in [7, 11) is 0. The first-order valence-electron chi connectivity index (χ1n) is 12.5. The molecule has 5 rings (SSSR count). The summed E-state index contributed by atoms with van der Waals surface area (Å²) in [6, 6.07) is 8.09. The summed E-state index contributed by atoms with van der Waals surface area (Å²) in [5.41, 5.74) is 2.36. The van der Waals surface area contributed by atoms with Gasteiger partial charge in [0.2, 0.25) is 0 Å². The van der Waals surface area contributed by atoms with Gasteiger partial charge >= 0.3 is 0 Å². The zero-order valence-corrected chi connectivity index (χ0v) is 22.0. The van der Waals surface area contributed by atoms with Crippen molar-refractivity contribution in [2.24, 2.45) is 0 Å². The van der Waals surface area contributed by atoms with Gasteiger partial charge in [-0.25, -0.2) is 0 Å².